The molecule has 2 aliphatic heterocycles. The zero-order chi connectivity index (χ0) is 22.3. The van der Waals surface area contributed by atoms with Crippen molar-refractivity contribution in [2.24, 2.45) is 13.0 Å². The molecule has 1 unspecified atom stereocenters. The minimum atomic E-state index is -0.197. The number of nitrogens with zero attached hydrogens (tertiary/aromatic N) is 3. The molecular weight excluding hydrogens is 378 g/mol. The highest BCUT2D eigenvalue weighted by Gasteiger charge is 2.41. The topological polar surface area (TPSA) is 79.3 Å². The molecule has 0 saturated carbocycles. The van der Waals surface area contributed by atoms with Gasteiger partial charge in [-0.2, -0.15) is 5.10 Å². The number of carbonyl (C=O) groups is 2. The largest absolute Gasteiger partial charge is 0.350 e. The van der Waals surface area contributed by atoms with Gasteiger partial charge in [0.1, 0.15) is 5.69 Å². The number of hydrogen-bond acceptors (Lipinski definition) is 4. The maximum atomic E-state index is 12.7. The summed E-state index contributed by atoms with van der Waals surface area (Å²) in [5.41, 5.74) is 1.26. The van der Waals surface area contributed by atoms with E-state index in [1.807, 2.05) is 33.9 Å². The Balaban J connectivity index is 1.53. The number of aryl methyl sites for hydroxylation is 1. The molecule has 30 heavy (non-hydrogen) atoms. The van der Waals surface area contributed by atoms with Crippen LogP contribution in [0.4, 0.5) is 0 Å². The first-order valence-electron chi connectivity index (χ1n) is 11.2. The molecule has 0 aliphatic carbocycles. The summed E-state index contributed by atoms with van der Waals surface area (Å²) in [6.45, 7) is 13.5. The third-order valence-corrected chi connectivity index (χ3v) is 6.25. The summed E-state index contributed by atoms with van der Waals surface area (Å²) in [6, 6.07) is 2.79. The van der Waals surface area contributed by atoms with Gasteiger partial charge < -0.3 is 10.6 Å². The van der Waals surface area contributed by atoms with Crippen LogP contribution in [0, 0.1) is 5.92 Å². The highest BCUT2D eigenvalue weighted by molar-refractivity contribution is 5.92. The van der Waals surface area contributed by atoms with Crippen molar-refractivity contribution in [2.75, 3.05) is 13.1 Å². The molecule has 2 fully saturated rings. The lowest BCUT2D eigenvalue weighted by Crippen LogP contribution is -2.52. The van der Waals surface area contributed by atoms with Crippen LogP contribution in [0.5, 0.6) is 0 Å². The first kappa shape index (κ1) is 22.8. The molecule has 0 spiro atoms. The zero-order valence-corrected chi connectivity index (χ0v) is 19.7. The molecule has 7 nitrogen and oxygen atoms in total. The van der Waals surface area contributed by atoms with Crippen LogP contribution in [0.15, 0.2) is 6.07 Å². The number of rotatable bonds is 5. The Morgan fingerprint density at radius 2 is 1.70 bits per heavy atom. The fourth-order valence-electron chi connectivity index (χ4n) is 4.81. The molecule has 3 atom stereocenters. The Morgan fingerprint density at radius 1 is 1.10 bits per heavy atom. The van der Waals surface area contributed by atoms with E-state index in [2.05, 4.69) is 41.4 Å². The van der Waals surface area contributed by atoms with Crippen LogP contribution in [0.2, 0.25) is 0 Å². The van der Waals surface area contributed by atoms with Gasteiger partial charge in [0, 0.05) is 36.6 Å². The van der Waals surface area contributed by atoms with Gasteiger partial charge in [-0.15, -0.1) is 0 Å². The molecule has 0 aromatic carbocycles. The van der Waals surface area contributed by atoms with Crippen LogP contribution in [0.1, 0.15) is 83.4 Å². The van der Waals surface area contributed by atoms with Crippen molar-refractivity contribution in [3.8, 4) is 0 Å². The summed E-state index contributed by atoms with van der Waals surface area (Å²) in [5.74, 6) is 0.514. The molecule has 1 aromatic rings. The lowest BCUT2D eigenvalue weighted by atomic mass is 9.90. The van der Waals surface area contributed by atoms with Gasteiger partial charge in [0.25, 0.3) is 5.91 Å². The molecule has 3 rings (SSSR count). The van der Waals surface area contributed by atoms with Crippen LogP contribution < -0.4 is 10.6 Å². The molecule has 0 radical (unpaired) electrons. The summed E-state index contributed by atoms with van der Waals surface area (Å²) in [5, 5.41) is 10.7. The predicted molar refractivity (Wildman–Crippen MR) is 118 cm³/mol. The van der Waals surface area contributed by atoms with Crippen molar-refractivity contribution in [1.29, 1.82) is 0 Å². The molecule has 168 valence electrons. The van der Waals surface area contributed by atoms with E-state index in [0.29, 0.717) is 36.8 Å². The number of hydrogen-bond donors (Lipinski definition) is 2. The molecule has 2 N–H and O–H groups in total. The molecule has 3 heterocycles. The number of amides is 2. The van der Waals surface area contributed by atoms with Gasteiger partial charge in [-0.3, -0.25) is 19.2 Å². The quantitative estimate of drug-likeness (QED) is 0.772. The SMILES string of the molecule is Cn1nc(C(C)(C)C)cc1C(=O)NCC1C[C@H]2CC[C@@H](C1)N2CC(=O)NC(C)(C)C. The van der Waals surface area contributed by atoms with Crippen LogP contribution in [0.3, 0.4) is 0 Å². The number of carbonyl (C=O) groups excluding carboxylic acids is 2. The number of piperidine rings is 1. The zero-order valence-electron chi connectivity index (χ0n) is 19.7. The Kier molecular flexibility index (Phi) is 6.33. The molecule has 2 amide bonds. The van der Waals surface area contributed by atoms with Crippen molar-refractivity contribution < 1.29 is 9.59 Å². The van der Waals surface area contributed by atoms with Gasteiger partial charge in [-0.1, -0.05) is 20.8 Å². The summed E-state index contributed by atoms with van der Waals surface area (Å²) in [6.07, 6.45) is 4.37. The van der Waals surface area contributed by atoms with Crippen LogP contribution in [-0.4, -0.2) is 57.2 Å². The van der Waals surface area contributed by atoms with Crippen molar-refractivity contribution in [3.63, 3.8) is 0 Å². The monoisotopic (exact) mass is 417 g/mol. The lowest BCUT2D eigenvalue weighted by molar-refractivity contribution is -0.125. The predicted octanol–water partition coefficient (Wildman–Crippen LogP) is 2.61. The lowest BCUT2D eigenvalue weighted by Gasteiger charge is -2.39. The van der Waals surface area contributed by atoms with Gasteiger partial charge in [-0.25, -0.2) is 0 Å². The van der Waals surface area contributed by atoms with E-state index in [0.717, 1.165) is 31.4 Å². The van der Waals surface area contributed by atoms with Crippen molar-refractivity contribution in [1.82, 2.24) is 25.3 Å². The standard InChI is InChI=1S/C23H39N5O2/c1-22(2,3)19-12-18(27(7)26-19)21(30)24-13-15-10-16-8-9-17(11-15)28(16)14-20(29)25-23(4,5)6/h12,15-17H,8-11,13-14H2,1-7H3,(H,24,30)(H,25,29)/t15?,16-,17+. The second kappa shape index (κ2) is 8.33. The maximum Gasteiger partial charge on any atom is 0.269 e. The third-order valence-electron chi connectivity index (χ3n) is 6.25. The minimum Gasteiger partial charge on any atom is -0.350 e. The molecule has 2 aliphatic rings. The highest BCUT2D eigenvalue weighted by atomic mass is 16.2. The Bertz CT molecular complexity index is 772. The minimum absolute atomic E-state index is 0.0557. The second-order valence-electron chi connectivity index (χ2n) is 11.2. The van der Waals surface area contributed by atoms with E-state index in [1.54, 1.807) is 4.68 Å². The first-order valence-corrected chi connectivity index (χ1v) is 11.2. The Labute approximate surface area is 181 Å². The van der Waals surface area contributed by atoms with E-state index in [-0.39, 0.29) is 22.8 Å². The van der Waals surface area contributed by atoms with Crippen LogP contribution in [-0.2, 0) is 17.3 Å². The van der Waals surface area contributed by atoms with E-state index >= 15 is 0 Å². The highest BCUT2D eigenvalue weighted by Crippen LogP contribution is 2.38. The van der Waals surface area contributed by atoms with E-state index < -0.39 is 0 Å². The maximum absolute atomic E-state index is 12.7. The summed E-state index contributed by atoms with van der Waals surface area (Å²) < 4.78 is 1.68. The second-order valence-corrected chi connectivity index (χ2v) is 11.2. The van der Waals surface area contributed by atoms with Crippen LogP contribution >= 0.6 is 0 Å². The molecule has 1 aromatic heterocycles. The van der Waals surface area contributed by atoms with Gasteiger partial charge >= 0.3 is 0 Å². The smallest absolute Gasteiger partial charge is 0.269 e. The van der Waals surface area contributed by atoms with E-state index in [4.69, 9.17) is 0 Å². The molecule has 2 saturated heterocycles. The normalized spacial score (nSPS) is 24.7. The molecule has 2 bridgehead atoms. The number of nitrogens with one attached hydrogen (secondary N) is 2. The Morgan fingerprint density at radius 3 is 2.20 bits per heavy atom. The Hall–Kier alpha value is -1.89. The van der Waals surface area contributed by atoms with E-state index in [9.17, 15) is 9.59 Å². The number of fused-ring (bicyclic) bond motifs is 2. The average Bonchev–Trinajstić information content (AvgIpc) is 3.08. The fraction of sp³-hybridized carbons (Fsp3) is 0.783. The first-order chi connectivity index (χ1) is 13.8. The average molecular weight is 418 g/mol. The molecular formula is C23H39N5O2. The summed E-state index contributed by atoms with van der Waals surface area (Å²) in [4.78, 5) is 27.5. The van der Waals surface area contributed by atoms with Crippen molar-refractivity contribution >= 4 is 11.8 Å². The van der Waals surface area contributed by atoms with Crippen molar-refractivity contribution in [3.05, 3.63) is 17.5 Å². The van der Waals surface area contributed by atoms with Crippen molar-refractivity contribution in [2.45, 2.75) is 90.3 Å². The summed E-state index contributed by atoms with van der Waals surface area (Å²) in [7, 11) is 1.82. The third kappa shape index (κ3) is 5.42. The van der Waals surface area contributed by atoms with Gasteiger partial charge in [0.05, 0.1) is 12.2 Å². The summed E-state index contributed by atoms with van der Waals surface area (Å²) >= 11 is 0. The van der Waals surface area contributed by atoms with Gasteiger partial charge in [-0.05, 0) is 58.4 Å². The van der Waals surface area contributed by atoms with Crippen LogP contribution in [0.25, 0.3) is 0 Å². The van der Waals surface area contributed by atoms with Gasteiger partial charge in [0.15, 0.2) is 0 Å². The fourth-order valence-corrected chi connectivity index (χ4v) is 4.81. The van der Waals surface area contributed by atoms with Gasteiger partial charge in [0.2, 0.25) is 5.91 Å². The van der Waals surface area contributed by atoms with E-state index in [1.165, 1.54) is 0 Å². The number of aromatic nitrogens is 2. The molecule has 7 heteroatoms.